The third kappa shape index (κ3) is 5.63. The first-order chi connectivity index (χ1) is 12.3. The van der Waals surface area contributed by atoms with Gasteiger partial charge in [-0.1, -0.05) is 41.9 Å². The van der Waals surface area contributed by atoms with Crippen molar-refractivity contribution >= 4 is 30.2 Å². The van der Waals surface area contributed by atoms with Crippen LogP contribution in [0.1, 0.15) is 18.1 Å². The molecule has 6 heteroatoms. The molecule has 1 heterocycles. The second-order valence-corrected chi connectivity index (χ2v) is 6.44. The highest BCUT2D eigenvalue weighted by Crippen LogP contribution is 2.18. The molecule has 0 spiro atoms. The molecular formula is C20H25Cl2N3O. The van der Waals surface area contributed by atoms with E-state index in [0.717, 1.165) is 49.1 Å². The van der Waals surface area contributed by atoms with Crippen molar-refractivity contribution in [1.82, 2.24) is 9.91 Å². The van der Waals surface area contributed by atoms with Crippen molar-refractivity contribution in [3.8, 4) is 5.75 Å². The van der Waals surface area contributed by atoms with Crippen molar-refractivity contribution in [2.45, 2.75) is 13.5 Å². The molecule has 0 radical (unpaired) electrons. The van der Waals surface area contributed by atoms with Gasteiger partial charge < -0.3 is 4.74 Å². The molecular weight excluding hydrogens is 369 g/mol. The van der Waals surface area contributed by atoms with Gasteiger partial charge in [0.25, 0.3) is 0 Å². The molecule has 0 bridgehead atoms. The van der Waals surface area contributed by atoms with Crippen LogP contribution < -0.4 is 4.74 Å². The van der Waals surface area contributed by atoms with Crippen LogP contribution in [-0.4, -0.2) is 48.9 Å². The Morgan fingerprint density at radius 3 is 2.46 bits per heavy atom. The zero-order valence-corrected chi connectivity index (χ0v) is 16.5. The molecule has 0 saturated carbocycles. The Morgan fingerprint density at radius 2 is 1.73 bits per heavy atom. The fraction of sp³-hybridized carbons (Fsp3) is 0.350. The van der Waals surface area contributed by atoms with Crippen molar-refractivity contribution in [3.05, 3.63) is 64.7 Å². The van der Waals surface area contributed by atoms with Crippen molar-refractivity contribution < 1.29 is 4.74 Å². The minimum Gasteiger partial charge on any atom is -0.493 e. The maximum absolute atomic E-state index is 6.26. The lowest BCUT2D eigenvalue weighted by Gasteiger charge is -2.33. The van der Waals surface area contributed by atoms with Crippen molar-refractivity contribution in [3.63, 3.8) is 0 Å². The predicted molar refractivity (Wildman–Crippen MR) is 111 cm³/mol. The summed E-state index contributed by atoms with van der Waals surface area (Å²) in [6.45, 7) is 7.34. The van der Waals surface area contributed by atoms with Crippen LogP contribution in [-0.2, 0) is 6.54 Å². The predicted octanol–water partition coefficient (Wildman–Crippen LogP) is 4.31. The Kier molecular flexibility index (Phi) is 8.23. The number of benzene rings is 2. The van der Waals surface area contributed by atoms with Gasteiger partial charge in [-0.15, -0.1) is 12.4 Å². The van der Waals surface area contributed by atoms with Gasteiger partial charge in [0.15, 0.2) is 0 Å². The summed E-state index contributed by atoms with van der Waals surface area (Å²) in [5, 5.41) is 7.59. The van der Waals surface area contributed by atoms with Crippen LogP contribution in [0.15, 0.2) is 53.6 Å². The van der Waals surface area contributed by atoms with Gasteiger partial charge in [-0.2, -0.15) is 5.10 Å². The quantitative estimate of drug-likeness (QED) is 0.684. The van der Waals surface area contributed by atoms with Gasteiger partial charge in [0.2, 0.25) is 0 Å². The molecule has 2 aromatic carbocycles. The molecule has 1 fully saturated rings. The molecule has 1 aliphatic heterocycles. The first kappa shape index (κ1) is 20.6. The molecule has 0 amide bonds. The van der Waals surface area contributed by atoms with Crippen LogP contribution in [0.3, 0.4) is 0 Å². The third-order valence-electron chi connectivity index (χ3n) is 4.28. The van der Waals surface area contributed by atoms with E-state index in [0.29, 0.717) is 6.61 Å². The Bertz CT molecular complexity index is 716. The summed E-state index contributed by atoms with van der Waals surface area (Å²) in [7, 11) is 0. The molecule has 0 unspecified atom stereocenters. The monoisotopic (exact) mass is 393 g/mol. The first-order valence-electron chi connectivity index (χ1n) is 8.73. The highest BCUT2D eigenvalue weighted by molar-refractivity contribution is 6.31. The number of halogens is 2. The van der Waals surface area contributed by atoms with Crippen LogP contribution in [0.25, 0.3) is 0 Å². The van der Waals surface area contributed by atoms with E-state index in [-0.39, 0.29) is 12.4 Å². The van der Waals surface area contributed by atoms with E-state index in [1.165, 1.54) is 5.56 Å². The number of rotatable bonds is 6. The second-order valence-electron chi connectivity index (χ2n) is 6.04. The summed E-state index contributed by atoms with van der Waals surface area (Å²) in [4.78, 5) is 2.42. The SMILES string of the molecule is CCOc1ccccc1/C=N/N1CCN(Cc2ccccc2Cl)CC1.Cl. The number of hydrogen-bond donors (Lipinski definition) is 0. The number of hydrazone groups is 1. The minimum absolute atomic E-state index is 0. The van der Waals surface area contributed by atoms with Gasteiger partial charge in [-0.05, 0) is 30.7 Å². The van der Waals surface area contributed by atoms with Gasteiger partial charge >= 0.3 is 0 Å². The third-order valence-corrected chi connectivity index (χ3v) is 4.65. The van der Waals surface area contributed by atoms with Crippen molar-refractivity contribution in [2.24, 2.45) is 5.10 Å². The average Bonchev–Trinajstić information content (AvgIpc) is 2.64. The normalized spacial score (nSPS) is 15.1. The topological polar surface area (TPSA) is 28.1 Å². The lowest BCUT2D eigenvalue weighted by Crippen LogP contribution is -2.43. The van der Waals surface area contributed by atoms with E-state index in [9.17, 15) is 0 Å². The molecule has 0 aromatic heterocycles. The van der Waals surface area contributed by atoms with E-state index >= 15 is 0 Å². The van der Waals surface area contributed by atoms with E-state index in [1.54, 1.807) is 0 Å². The number of para-hydroxylation sites is 1. The second kappa shape index (κ2) is 10.4. The molecule has 140 valence electrons. The molecule has 0 N–H and O–H groups in total. The van der Waals surface area contributed by atoms with Crippen LogP contribution >= 0.6 is 24.0 Å². The lowest BCUT2D eigenvalue weighted by atomic mass is 10.2. The molecule has 3 rings (SSSR count). The summed E-state index contributed by atoms with van der Waals surface area (Å²) in [5.41, 5.74) is 2.20. The number of piperazine rings is 1. The molecule has 4 nitrogen and oxygen atoms in total. The van der Waals surface area contributed by atoms with Crippen LogP contribution in [0, 0.1) is 0 Å². The van der Waals surface area contributed by atoms with E-state index < -0.39 is 0 Å². The lowest BCUT2D eigenvalue weighted by molar-refractivity contribution is 0.131. The van der Waals surface area contributed by atoms with Gasteiger partial charge in [0.1, 0.15) is 5.75 Å². The zero-order chi connectivity index (χ0) is 17.5. The molecule has 0 aliphatic carbocycles. The first-order valence-corrected chi connectivity index (χ1v) is 9.10. The number of ether oxygens (including phenoxy) is 1. The summed E-state index contributed by atoms with van der Waals surface area (Å²) < 4.78 is 5.64. The Morgan fingerprint density at radius 1 is 1.04 bits per heavy atom. The van der Waals surface area contributed by atoms with E-state index in [2.05, 4.69) is 21.1 Å². The Balaban J connectivity index is 0.00000243. The van der Waals surface area contributed by atoms with E-state index in [1.807, 2.05) is 55.6 Å². The molecule has 0 atom stereocenters. The fourth-order valence-electron chi connectivity index (χ4n) is 2.90. The summed E-state index contributed by atoms with van der Waals surface area (Å²) in [5.74, 6) is 0.881. The Hall–Kier alpha value is -1.75. The minimum atomic E-state index is 0. The smallest absolute Gasteiger partial charge is 0.128 e. The van der Waals surface area contributed by atoms with Crippen LogP contribution in [0.2, 0.25) is 5.02 Å². The Labute approximate surface area is 166 Å². The van der Waals surface area contributed by atoms with Gasteiger partial charge in [-0.25, -0.2) is 0 Å². The standard InChI is InChI=1S/C20H24ClN3O.ClH/c1-2-25-20-10-6-4-7-17(20)15-22-24-13-11-23(12-14-24)16-18-8-3-5-9-19(18)21;/h3-10,15H,2,11-14,16H2,1H3;1H/b22-15+;. The summed E-state index contributed by atoms with van der Waals surface area (Å²) in [6, 6.07) is 16.1. The largest absolute Gasteiger partial charge is 0.493 e. The van der Waals surface area contributed by atoms with Gasteiger partial charge in [-0.3, -0.25) is 9.91 Å². The van der Waals surface area contributed by atoms with E-state index in [4.69, 9.17) is 16.3 Å². The molecule has 2 aromatic rings. The van der Waals surface area contributed by atoms with Crippen molar-refractivity contribution in [1.29, 1.82) is 0 Å². The fourth-order valence-corrected chi connectivity index (χ4v) is 3.09. The number of hydrogen-bond acceptors (Lipinski definition) is 4. The van der Waals surface area contributed by atoms with Crippen LogP contribution in [0.5, 0.6) is 5.75 Å². The highest BCUT2D eigenvalue weighted by Gasteiger charge is 2.16. The maximum atomic E-state index is 6.26. The number of nitrogens with zero attached hydrogens (tertiary/aromatic N) is 3. The zero-order valence-electron chi connectivity index (χ0n) is 15.0. The molecule has 26 heavy (non-hydrogen) atoms. The maximum Gasteiger partial charge on any atom is 0.128 e. The summed E-state index contributed by atoms with van der Waals surface area (Å²) in [6.07, 6.45) is 1.90. The molecule has 1 aliphatic rings. The highest BCUT2D eigenvalue weighted by atomic mass is 35.5. The summed E-state index contributed by atoms with van der Waals surface area (Å²) >= 11 is 6.26. The molecule has 1 saturated heterocycles. The van der Waals surface area contributed by atoms with Gasteiger partial charge in [0.05, 0.1) is 12.8 Å². The van der Waals surface area contributed by atoms with Crippen molar-refractivity contribution in [2.75, 3.05) is 32.8 Å². The average molecular weight is 394 g/mol. The van der Waals surface area contributed by atoms with Gasteiger partial charge in [0, 0.05) is 43.3 Å². The van der Waals surface area contributed by atoms with Crippen LogP contribution in [0.4, 0.5) is 0 Å².